The number of carbonyl (C=O) groups excluding carboxylic acids is 2. The molecule has 0 saturated carbocycles. The van der Waals surface area contributed by atoms with Crippen LogP contribution in [-0.4, -0.2) is 21.6 Å². The van der Waals surface area contributed by atoms with E-state index in [4.69, 9.17) is 0 Å². The summed E-state index contributed by atoms with van der Waals surface area (Å²) in [4.78, 5) is 25.0. The lowest BCUT2D eigenvalue weighted by molar-refractivity contribution is -0.136. The van der Waals surface area contributed by atoms with Crippen LogP contribution < -0.4 is 10.6 Å². The molecule has 28 heavy (non-hydrogen) atoms. The first-order valence-electron chi connectivity index (χ1n) is 9.04. The van der Waals surface area contributed by atoms with Crippen LogP contribution in [0.5, 0.6) is 0 Å². The Labute approximate surface area is 167 Å². The Morgan fingerprint density at radius 3 is 2.39 bits per heavy atom. The zero-order chi connectivity index (χ0) is 19.5. The third kappa shape index (κ3) is 3.66. The minimum absolute atomic E-state index is 0.264. The topological polar surface area (TPSA) is 76.0 Å². The third-order valence-electron chi connectivity index (χ3n) is 4.64. The maximum Gasteiger partial charge on any atom is 0.314 e. The number of rotatable bonds is 4. The van der Waals surface area contributed by atoms with Gasteiger partial charge in [-0.05, 0) is 24.6 Å². The van der Waals surface area contributed by atoms with Crippen molar-refractivity contribution in [3.63, 3.8) is 0 Å². The summed E-state index contributed by atoms with van der Waals surface area (Å²) in [7, 11) is 0. The fourth-order valence-electron chi connectivity index (χ4n) is 3.15. The molecule has 1 aliphatic heterocycles. The van der Waals surface area contributed by atoms with Crippen molar-refractivity contribution in [3.05, 3.63) is 77.5 Å². The number of nitrogens with one attached hydrogen (secondary N) is 2. The molecular weight excluding hydrogens is 372 g/mol. The molecule has 4 rings (SSSR count). The van der Waals surface area contributed by atoms with Gasteiger partial charge in [-0.25, -0.2) is 4.68 Å². The Kier molecular flexibility index (Phi) is 5.16. The van der Waals surface area contributed by atoms with Crippen LogP contribution in [-0.2, 0) is 21.1 Å². The fraction of sp³-hybridized carbons (Fsp3) is 0.190. The minimum Gasteiger partial charge on any atom is -0.341 e. The predicted octanol–water partition coefficient (Wildman–Crippen LogP) is 3.44. The number of benzene rings is 2. The van der Waals surface area contributed by atoms with Gasteiger partial charge in [0.15, 0.2) is 0 Å². The van der Waals surface area contributed by atoms with E-state index in [0.29, 0.717) is 5.82 Å². The summed E-state index contributed by atoms with van der Waals surface area (Å²) >= 11 is 1.74. The molecule has 0 radical (unpaired) electrons. The number of anilines is 1. The maximum absolute atomic E-state index is 12.6. The summed E-state index contributed by atoms with van der Waals surface area (Å²) < 4.78 is 1.70. The van der Waals surface area contributed by atoms with Crippen molar-refractivity contribution in [1.29, 1.82) is 0 Å². The molecular formula is C21H20N4O2S. The van der Waals surface area contributed by atoms with Gasteiger partial charge in [-0.1, -0.05) is 48.5 Å². The summed E-state index contributed by atoms with van der Waals surface area (Å²) in [6, 6.07) is 18.9. The molecule has 1 atom stereocenters. The van der Waals surface area contributed by atoms with Crippen molar-refractivity contribution in [2.45, 2.75) is 24.5 Å². The van der Waals surface area contributed by atoms with Crippen molar-refractivity contribution < 1.29 is 9.59 Å². The second kappa shape index (κ2) is 7.90. The number of hydrogen-bond donors (Lipinski definition) is 2. The lowest BCUT2D eigenvalue weighted by Gasteiger charge is -2.15. The highest BCUT2D eigenvalue weighted by atomic mass is 32.2. The summed E-state index contributed by atoms with van der Waals surface area (Å²) in [5.74, 6) is 0.768. The molecule has 0 bridgehead atoms. The fourth-order valence-corrected chi connectivity index (χ4v) is 4.18. The van der Waals surface area contributed by atoms with Crippen molar-refractivity contribution >= 4 is 29.4 Å². The molecule has 0 fully saturated rings. The number of nitrogens with zero attached hydrogens (tertiary/aromatic N) is 2. The molecule has 0 saturated heterocycles. The number of carbonyl (C=O) groups is 2. The Balaban J connectivity index is 1.54. The highest BCUT2D eigenvalue weighted by Crippen LogP contribution is 2.36. The molecule has 0 spiro atoms. The van der Waals surface area contributed by atoms with Crippen molar-refractivity contribution in [2.24, 2.45) is 0 Å². The van der Waals surface area contributed by atoms with Crippen LogP contribution in [0, 0.1) is 0 Å². The summed E-state index contributed by atoms with van der Waals surface area (Å²) in [6.07, 6.45) is 0. The number of hydrogen-bond acceptors (Lipinski definition) is 4. The summed E-state index contributed by atoms with van der Waals surface area (Å²) in [5, 5.41) is 10.2. The van der Waals surface area contributed by atoms with Crippen LogP contribution >= 0.6 is 11.8 Å². The summed E-state index contributed by atoms with van der Waals surface area (Å²) in [5.41, 5.74) is 3.71. The SMILES string of the molecule is C[C@@H](NC(=O)C(=O)Nc1c2c(nn1-c1ccccc1)CSC2)c1ccccc1. The van der Waals surface area contributed by atoms with E-state index in [-0.39, 0.29) is 6.04 Å². The van der Waals surface area contributed by atoms with Gasteiger partial charge >= 0.3 is 11.8 Å². The lowest BCUT2D eigenvalue weighted by Crippen LogP contribution is -2.37. The van der Waals surface area contributed by atoms with Crippen LogP contribution in [0.15, 0.2) is 60.7 Å². The Hall–Kier alpha value is -3.06. The zero-order valence-corrected chi connectivity index (χ0v) is 16.2. The molecule has 1 aromatic heterocycles. The van der Waals surface area contributed by atoms with Gasteiger partial charge in [-0.3, -0.25) is 9.59 Å². The van der Waals surface area contributed by atoms with E-state index in [0.717, 1.165) is 34.0 Å². The molecule has 7 heteroatoms. The molecule has 6 nitrogen and oxygen atoms in total. The average Bonchev–Trinajstić information content (AvgIpc) is 3.32. The van der Waals surface area contributed by atoms with Gasteiger partial charge < -0.3 is 10.6 Å². The Morgan fingerprint density at radius 2 is 1.68 bits per heavy atom. The molecule has 3 aromatic rings. The second-order valence-electron chi connectivity index (χ2n) is 6.57. The molecule has 2 amide bonds. The number of aromatic nitrogens is 2. The van der Waals surface area contributed by atoms with Gasteiger partial charge in [-0.2, -0.15) is 16.9 Å². The average molecular weight is 392 g/mol. The monoisotopic (exact) mass is 392 g/mol. The Morgan fingerprint density at radius 1 is 1.00 bits per heavy atom. The van der Waals surface area contributed by atoms with Crippen LogP contribution in [0.2, 0.25) is 0 Å². The van der Waals surface area contributed by atoms with E-state index in [1.807, 2.05) is 67.6 Å². The van der Waals surface area contributed by atoms with Crippen LogP contribution in [0.1, 0.15) is 29.8 Å². The zero-order valence-electron chi connectivity index (χ0n) is 15.4. The smallest absolute Gasteiger partial charge is 0.314 e. The molecule has 0 unspecified atom stereocenters. The number of amides is 2. The van der Waals surface area contributed by atoms with Gasteiger partial charge in [0.2, 0.25) is 0 Å². The molecule has 2 heterocycles. The summed E-state index contributed by atoms with van der Waals surface area (Å²) in [6.45, 7) is 1.85. The first kappa shape index (κ1) is 18.3. The predicted molar refractivity (Wildman–Crippen MR) is 110 cm³/mol. The van der Waals surface area contributed by atoms with E-state index in [2.05, 4.69) is 15.7 Å². The standard InChI is InChI=1S/C21H20N4O2S/c1-14(15-8-4-2-5-9-15)22-20(26)21(27)23-19-17-12-28-13-18(17)24-25(19)16-10-6-3-7-11-16/h2-11,14H,12-13H2,1H3,(H,22,26)(H,23,27)/t14-/m1/s1. The van der Waals surface area contributed by atoms with Gasteiger partial charge in [0.05, 0.1) is 17.4 Å². The van der Waals surface area contributed by atoms with Gasteiger partial charge in [0.25, 0.3) is 0 Å². The first-order valence-corrected chi connectivity index (χ1v) is 10.2. The van der Waals surface area contributed by atoms with Gasteiger partial charge in [-0.15, -0.1) is 0 Å². The van der Waals surface area contributed by atoms with E-state index in [1.165, 1.54) is 0 Å². The molecule has 0 aliphatic carbocycles. The number of para-hydroxylation sites is 1. The van der Waals surface area contributed by atoms with Crippen molar-refractivity contribution in [1.82, 2.24) is 15.1 Å². The minimum atomic E-state index is -0.695. The molecule has 142 valence electrons. The lowest BCUT2D eigenvalue weighted by atomic mass is 10.1. The van der Waals surface area contributed by atoms with Crippen LogP contribution in [0.4, 0.5) is 5.82 Å². The van der Waals surface area contributed by atoms with E-state index in [1.54, 1.807) is 16.4 Å². The van der Waals surface area contributed by atoms with Crippen molar-refractivity contribution in [2.75, 3.05) is 5.32 Å². The van der Waals surface area contributed by atoms with E-state index in [9.17, 15) is 9.59 Å². The van der Waals surface area contributed by atoms with Crippen LogP contribution in [0.3, 0.4) is 0 Å². The largest absolute Gasteiger partial charge is 0.341 e. The van der Waals surface area contributed by atoms with Gasteiger partial charge in [0, 0.05) is 17.1 Å². The maximum atomic E-state index is 12.6. The highest BCUT2D eigenvalue weighted by molar-refractivity contribution is 7.98. The molecule has 2 N–H and O–H groups in total. The first-order chi connectivity index (χ1) is 13.6. The number of fused-ring (bicyclic) bond motifs is 1. The normalized spacial score (nSPS) is 13.6. The Bertz CT molecular complexity index is 1000. The highest BCUT2D eigenvalue weighted by Gasteiger charge is 2.26. The number of thioether (sulfide) groups is 1. The quantitative estimate of drug-likeness (QED) is 0.667. The second-order valence-corrected chi connectivity index (χ2v) is 7.56. The van der Waals surface area contributed by atoms with E-state index < -0.39 is 11.8 Å². The van der Waals surface area contributed by atoms with Crippen LogP contribution in [0.25, 0.3) is 5.69 Å². The molecule has 1 aliphatic rings. The third-order valence-corrected chi connectivity index (χ3v) is 5.61. The molecule has 2 aromatic carbocycles. The van der Waals surface area contributed by atoms with E-state index >= 15 is 0 Å². The van der Waals surface area contributed by atoms with Gasteiger partial charge in [0.1, 0.15) is 5.82 Å². The van der Waals surface area contributed by atoms with Crippen molar-refractivity contribution in [3.8, 4) is 5.69 Å².